The van der Waals surface area contributed by atoms with Crippen LogP contribution in [0, 0.1) is 17.7 Å². The number of rotatable bonds is 6. The molecule has 1 saturated carbocycles. The van der Waals surface area contributed by atoms with Gasteiger partial charge in [-0.3, -0.25) is 0 Å². The van der Waals surface area contributed by atoms with Gasteiger partial charge >= 0.3 is 0 Å². The molecule has 1 aromatic heterocycles. The molecule has 3 atom stereocenters. The molecule has 0 radical (unpaired) electrons. The summed E-state index contributed by atoms with van der Waals surface area (Å²) in [6.45, 7) is 7.48. The zero-order chi connectivity index (χ0) is 23.2. The van der Waals surface area contributed by atoms with E-state index in [9.17, 15) is 12.8 Å². The average molecular weight is 464 g/mol. The maximum Gasteiger partial charge on any atom is 0.233 e. The predicted molar refractivity (Wildman–Crippen MR) is 128 cm³/mol. The largest absolute Gasteiger partial charge is 0.306 e. The highest BCUT2D eigenvalue weighted by molar-refractivity contribution is 7.92. The Hall–Kier alpha value is -3.03. The minimum atomic E-state index is -3.59. The summed E-state index contributed by atoms with van der Waals surface area (Å²) in [5.74, 6) is 0.00706. The van der Waals surface area contributed by atoms with E-state index in [1.54, 1.807) is 24.5 Å². The Labute approximate surface area is 193 Å². The maximum absolute atomic E-state index is 13.2. The first-order valence-corrected chi connectivity index (χ1v) is 12.6. The molecule has 1 fully saturated rings. The summed E-state index contributed by atoms with van der Waals surface area (Å²) in [5.41, 5.74) is 4.47. The Bertz CT molecular complexity index is 1330. The molecule has 3 aromatic rings. The topological polar surface area (TPSA) is 64.0 Å². The van der Waals surface area contributed by atoms with Crippen molar-refractivity contribution < 1.29 is 12.8 Å². The number of hydrogen-bond donors (Lipinski definition) is 1. The number of aromatic nitrogens is 2. The monoisotopic (exact) mass is 463 g/mol. The predicted octanol–water partition coefficient (Wildman–Crippen LogP) is 4.79. The molecule has 33 heavy (non-hydrogen) atoms. The number of benzene rings is 2. The molecule has 0 unspecified atom stereocenters. The van der Waals surface area contributed by atoms with Crippen molar-refractivity contribution in [2.24, 2.45) is 11.8 Å². The number of hydrogen-bond acceptors (Lipinski definition) is 3. The standard InChI is InChI=1S/C26H26FN3O2S/c1-3-26(29-33(31,32)4-2)21-7-8-22(26)15-20-13-19(6-5-18(20)14-21)25-16-30(17-28-25)24-11-9-23(27)10-12-24/h3-6,9-13,16-17,21-22,29H,1-2,7-8,14-15H2/t21-,22+,26-/m1/s1. The molecular weight excluding hydrogens is 437 g/mol. The smallest absolute Gasteiger partial charge is 0.233 e. The van der Waals surface area contributed by atoms with Gasteiger partial charge in [0, 0.05) is 22.9 Å². The fourth-order valence-corrected chi connectivity index (χ4v) is 6.51. The molecule has 2 aromatic carbocycles. The van der Waals surface area contributed by atoms with Crippen LogP contribution in [0.3, 0.4) is 0 Å². The third-order valence-corrected chi connectivity index (χ3v) is 8.31. The van der Waals surface area contributed by atoms with Crippen LogP contribution in [-0.4, -0.2) is 23.5 Å². The van der Waals surface area contributed by atoms with E-state index in [1.807, 2.05) is 10.8 Å². The van der Waals surface area contributed by atoms with Crippen molar-refractivity contribution >= 4 is 10.0 Å². The van der Waals surface area contributed by atoms with Crippen LogP contribution in [0.5, 0.6) is 0 Å². The summed E-state index contributed by atoms with van der Waals surface area (Å²) in [5, 5.41) is 0.977. The summed E-state index contributed by atoms with van der Waals surface area (Å²) in [6.07, 6.45) is 8.92. The Morgan fingerprint density at radius 2 is 1.76 bits per heavy atom. The van der Waals surface area contributed by atoms with Gasteiger partial charge in [0.25, 0.3) is 0 Å². The van der Waals surface area contributed by atoms with Crippen LogP contribution in [0.2, 0.25) is 0 Å². The molecule has 1 N–H and O–H groups in total. The van der Waals surface area contributed by atoms with Crippen molar-refractivity contribution in [3.8, 4) is 16.9 Å². The van der Waals surface area contributed by atoms with Crippen molar-refractivity contribution in [1.29, 1.82) is 0 Å². The Morgan fingerprint density at radius 3 is 2.42 bits per heavy atom. The summed E-state index contributed by atoms with van der Waals surface area (Å²) in [7, 11) is -3.59. The van der Waals surface area contributed by atoms with Crippen molar-refractivity contribution in [2.45, 2.75) is 31.2 Å². The molecule has 0 saturated heterocycles. The van der Waals surface area contributed by atoms with Gasteiger partial charge in [-0.05, 0) is 79.0 Å². The molecule has 0 aliphatic heterocycles. The fraction of sp³-hybridized carbons (Fsp3) is 0.269. The molecular formula is C26H26FN3O2S. The first-order chi connectivity index (χ1) is 15.8. The van der Waals surface area contributed by atoms with Gasteiger partial charge in [-0.25, -0.2) is 22.5 Å². The third-order valence-electron chi connectivity index (χ3n) is 7.23. The molecule has 7 heteroatoms. The first-order valence-electron chi connectivity index (χ1n) is 11.1. The van der Waals surface area contributed by atoms with Gasteiger partial charge in [-0.15, -0.1) is 6.58 Å². The van der Waals surface area contributed by atoms with Crippen molar-refractivity contribution in [3.05, 3.63) is 96.6 Å². The molecule has 2 bridgehead atoms. The molecule has 170 valence electrons. The molecule has 5 rings (SSSR count). The average Bonchev–Trinajstić information content (AvgIpc) is 3.37. The second-order valence-electron chi connectivity index (χ2n) is 8.96. The molecule has 5 nitrogen and oxygen atoms in total. The van der Waals surface area contributed by atoms with Crippen LogP contribution in [-0.2, 0) is 22.9 Å². The third kappa shape index (κ3) is 3.85. The van der Waals surface area contributed by atoms with E-state index in [4.69, 9.17) is 0 Å². The van der Waals surface area contributed by atoms with Gasteiger partial charge in [-0.2, -0.15) is 0 Å². The van der Waals surface area contributed by atoms with Crippen molar-refractivity contribution in [1.82, 2.24) is 14.3 Å². The minimum Gasteiger partial charge on any atom is -0.306 e. The van der Waals surface area contributed by atoms with Crippen molar-refractivity contribution in [3.63, 3.8) is 0 Å². The minimum absolute atomic E-state index is 0.128. The maximum atomic E-state index is 13.2. The lowest BCUT2D eigenvalue weighted by molar-refractivity contribution is 0.290. The van der Waals surface area contributed by atoms with E-state index in [-0.39, 0.29) is 17.7 Å². The zero-order valence-electron chi connectivity index (χ0n) is 18.2. The lowest BCUT2D eigenvalue weighted by atomic mass is 9.80. The fourth-order valence-electron chi connectivity index (χ4n) is 5.52. The van der Waals surface area contributed by atoms with E-state index in [0.717, 1.165) is 48.0 Å². The van der Waals surface area contributed by atoms with Crippen LogP contribution in [0.1, 0.15) is 24.0 Å². The highest BCUT2D eigenvalue weighted by atomic mass is 32.2. The Morgan fingerprint density at radius 1 is 1.06 bits per heavy atom. The molecule has 2 aliphatic rings. The molecule has 1 heterocycles. The second-order valence-corrected chi connectivity index (χ2v) is 10.6. The van der Waals surface area contributed by atoms with Gasteiger partial charge in [0.05, 0.1) is 17.6 Å². The summed E-state index contributed by atoms with van der Waals surface area (Å²) >= 11 is 0. The molecule has 2 aliphatic carbocycles. The van der Waals surface area contributed by atoms with Gasteiger partial charge in [0.15, 0.2) is 0 Å². The van der Waals surface area contributed by atoms with E-state index in [0.29, 0.717) is 0 Å². The van der Waals surface area contributed by atoms with Gasteiger partial charge in [-0.1, -0.05) is 24.8 Å². The highest BCUT2D eigenvalue weighted by Gasteiger charge is 2.51. The van der Waals surface area contributed by atoms with Crippen LogP contribution in [0.15, 0.2) is 79.6 Å². The van der Waals surface area contributed by atoms with E-state index < -0.39 is 15.6 Å². The summed E-state index contributed by atoms with van der Waals surface area (Å²) in [6, 6.07) is 12.7. The second kappa shape index (κ2) is 8.08. The number of imidazole rings is 1. The number of nitrogens with zero attached hydrogens (tertiary/aromatic N) is 2. The molecule has 0 amide bonds. The first kappa shape index (κ1) is 21.8. The van der Waals surface area contributed by atoms with E-state index in [1.165, 1.54) is 23.3 Å². The van der Waals surface area contributed by atoms with Gasteiger partial charge in [0.2, 0.25) is 10.0 Å². The van der Waals surface area contributed by atoms with Gasteiger partial charge < -0.3 is 4.57 Å². The van der Waals surface area contributed by atoms with Crippen LogP contribution in [0.25, 0.3) is 16.9 Å². The van der Waals surface area contributed by atoms with Crippen molar-refractivity contribution in [2.75, 3.05) is 0 Å². The van der Waals surface area contributed by atoms with Crippen LogP contribution >= 0.6 is 0 Å². The Balaban J connectivity index is 1.47. The number of fused-ring (bicyclic) bond motifs is 3. The Kier molecular flexibility index (Phi) is 5.34. The van der Waals surface area contributed by atoms with Crippen LogP contribution < -0.4 is 4.72 Å². The SMILES string of the molecule is C=C[C@@]1(NS(=O)(=O)C=C)[C@@H]2CC[C@H]1Cc1cc(-c3cn(-c4ccc(F)cc4)cn3)ccc1C2. The highest BCUT2D eigenvalue weighted by Crippen LogP contribution is 2.48. The number of halogens is 1. The van der Waals surface area contributed by atoms with Gasteiger partial charge in [0.1, 0.15) is 5.82 Å². The number of sulfonamides is 1. The lowest BCUT2D eigenvalue weighted by Crippen LogP contribution is -2.53. The summed E-state index contributed by atoms with van der Waals surface area (Å²) in [4.78, 5) is 4.56. The molecule has 0 spiro atoms. The normalized spacial score (nSPS) is 24.2. The number of nitrogens with one attached hydrogen (secondary N) is 1. The lowest BCUT2D eigenvalue weighted by Gasteiger charge is -2.36. The summed E-state index contributed by atoms with van der Waals surface area (Å²) < 4.78 is 42.8. The van der Waals surface area contributed by atoms with E-state index in [2.05, 4.69) is 41.1 Å². The van der Waals surface area contributed by atoms with Crippen LogP contribution in [0.4, 0.5) is 4.39 Å². The quantitative estimate of drug-likeness (QED) is 0.535. The zero-order valence-corrected chi connectivity index (χ0v) is 19.1. The van der Waals surface area contributed by atoms with E-state index >= 15 is 0 Å².